The van der Waals surface area contributed by atoms with Gasteiger partial charge >= 0.3 is 0 Å². The highest BCUT2D eigenvalue weighted by atomic mass is 16.5. The van der Waals surface area contributed by atoms with Crippen molar-refractivity contribution in [3.05, 3.63) is 41.3 Å². The quantitative estimate of drug-likeness (QED) is 0.551. The van der Waals surface area contributed by atoms with E-state index in [4.69, 9.17) is 14.3 Å². The lowest BCUT2D eigenvalue weighted by Gasteiger charge is -2.35. The molecule has 0 saturated carbocycles. The fourth-order valence-electron chi connectivity index (χ4n) is 3.79. The summed E-state index contributed by atoms with van der Waals surface area (Å²) in [6.45, 7) is 9.57. The maximum absolute atomic E-state index is 5.38. The van der Waals surface area contributed by atoms with Crippen LogP contribution in [0.3, 0.4) is 0 Å². The molecule has 1 aliphatic heterocycles. The molecule has 29 heavy (non-hydrogen) atoms. The van der Waals surface area contributed by atoms with Gasteiger partial charge in [0, 0.05) is 49.5 Å². The number of benzene rings is 1. The molecule has 0 aliphatic carbocycles. The molecule has 1 aromatic carbocycles. The summed E-state index contributed by atoms with van der Waals surface area (Å²) < 4.78 is 10.6. The number of aliphatic imine (C=N–C) groups is 1. The molecule has 1 fully saturated rings. The van der Waals surface area contributed by atoms with Crippen LogP contribution < -0.4 is 20.3 Å². The third kappa shape index (κ3) is 5.65. The van der Waals surface area contributed by atoms with Crippen molar-refractivity contribution >= 4 is 11.6 Å². The molecular formula is C22H33N5O2. The third-order valence-electron chi connectivity index (χ3n) is 5.34. The van der Waals surface area contributed by atoms with Crippen LogP contribution in [-0.2, 0) is 6.42 Å². The van der Waals surface area contributed by atoms with E-state index in [0.717, 1.165) is 67.6 Å². The summed E-state index contributed by atoms with van der Waals surface area (Å²) in [6, 6.07) is 8.63. The first-order chi connectivity index (χ1) is 14.1. The third-order valence-corrected chi connectivity index (χ3v) is 5.34. The van der Waals surface area contributed by atoms with Crippen LogP contribution in [0, 0.1) is 13.8 Å². The Morgan fingerprint density at radius 3 is 2.97 bits per heavy atom. The number of aryl methyl sites for hydroxylation is 2. The van der Waals surface area contributed by atoms with E-state index in [9.17, 15) is 0 Å². The van der Waals surface area contributed by atoms with Gasteiger partial charge in [-0.05, 0) is 52.2 Å². The van der Waals surface area contributed by atoms with Crippen molar-refractivity contribution in [1.29, 1.82) is 0 Å². The summed E-state index contributed by atoms with van der Waals surface area (Å²) >= 11 is 0. The maximum Gasteiger partial charge on any atom is 0.191 e. The summed E-state index contributed by atoms with van der Waals surface area (Å²) in [7, 11) is 1.71. The number of piperidine rings is 1. The van der Waals surface area contributed by atoms with Crippen molar-refractivity contribution in [2.24, 2.45) is 4.99 Å². The molecule has 158 valence electrons. The number of guanidine groups is 1. The predicted octanol–water partition coefficient (Wildman–Crippen LogP) is 3.07. The molecule has 2 N–H and O–H groups in total. The maximum atomic E-state index is 5.38. The lowest BCUT2D eigenvalue weighted by molar-refractivity contribution is 0.392. The van der Waals surface area contributed by atoms with Crippen molar-refractivity contribution in [3.8, 4) is 5.75 Å². The molecule has 2 aromatic rings. The van der Waals surface area contributed by atoms with Gasteiger partial charge in [-0.15, -0.1) is 0 Å². The lowest BCUT2D eigenvalue weighted by Crippen LogP contribution is -2.51. The van der Waals surface area contributed by atoms with Crippen LogP contribution in [0.4, 0.5) is 5.69 Å². The number of hydrogen-bond donors (Lipinski definition) is 2. The van der Waals surface area contributed by atoms with Crippen molar-refractivity contribution < 1.29 is 9.26 Å². The molecule has 1 aromatic heterocycles. The zero-order valence-electron chi connectivity index (χ0n) is 18.0. The van der Waals surface area contributed by atoms with Crippen LogP contribution in [-0.4, -0.2) is 50.4 Å². The topological polar surface area (TPSA) is 74.9 Å². The van der Waals surface area contributed by atoms with Gasteiger partial charge < -0.3 is 24.8 Å². The first-order valence-corrected chi connectivity index (χ1v) is 10.5. The van der Waals surface area contributed by atoms with E-state index in [-0.39, 0.29) is 0 Å². The van der Waals surface area contributed by atoms with E-state index in [0.29, 0.717) is 12.6 Å². The molecule has 2 heterocycles. The highest BCUT2D eigenvalue weighted by Crippen LogP contribution is 2.24. The summed E-state index contributed by atoms with van der Waals surface area (Å²) in [5.41, 5.74) is 3.32. The van der Waals surface area contributed by atoms with Gasteiger partial charge in [0.1, 0.15) is 11.5 Å². The van der Waals surface area contributed by atoms with E-state index in [2.05, 4.69) is 39.7 Å². The number of hydrogen-bond acceptors (Lipinski definition) is 5. The Bertz CT molecular complexity index is 798. The predicted molar refractivity (Wildman–Crippen MR) is 117 cm³/mol. The highest BCUT2D eigenvalue weighted by molar-refractivity contribution is 5.80. The first kappa shape index (κ1) is 21.0. The van der Waals surface area contributed by atoms with E-state index < -0.39 is 0 Å². The van der Waals surface area contributed by atoms with E-state index in [1.165, 1.54) is 5.69 Å². The highest BCUT2D eigenvalue weighted by Gasteiger charge is 2.21. The number of methoxy groups -OCH3 is 1. The summed E-state index contributed by atoms with van der Waals surface area (Å²) in [5.74, 6) is 2.65. The molecule has 1 unspecified atom stereocenters. The smallest absolute Gasteiger partial charge is 0.191 e. The van der Waals surface area contributed by atoms with Crippen LogP contribution in [0.2, 0.25) is 0 Å². The number of ether oxygens (including phenoxy) is 1. The van der Waals surface area contributed by atoms with Gasteiger partial charge in [0.25, 0.3) is 0 Å². The zero-order chi connectivity index (χ0) is 20.6. The monoisotopic (exact) mass is 399 g/mol. The molecule has 7 heteroatoms. The largest absolute Gasteiger partial charge is 0.497 e. The molecule has 1 saturated heterocycles. The molecule has 1 aliphatic rings. The Balaban J connectivity index is 1.60. The molecule has 0 spiro atoms. The fraction of sp³-hybridized carbons (Fsp3) is 0.545. The SMILES string of the molecule is CCNC(=NCCc1c(C)noc1C)NC1CCCN(c2cccc(OC)c2)C1. The lowest BCUT2D eigenvalue weighted by atomic mass is 10.0. The van der Waals surface area contributed by atoms with Gasteiger partial charge in [0.2, 0.25) is 0 Å². The van der Waals surface area contributed by atoms with Gasteiger partial charge in [-0.3, -0.25) is 4.99 Å². The van der Waals surface area contributed by atoms with Gasteiger partial charge in [-0.25, -0.2) is 0 Å². The van der Waals surface area contributed by atoms with E-state index >= 15 is 0 Å². The Kier molecular flexibility index (Phi) is 7.38. The average molecular weight is 400 g/mol. The van der Waals surface area contributed by atoms with Crippen LogP contribution in [0.5, 0.6) is 5.75 Å². The minimum absolute atomic E-state index is 0.354. The van der Waals surface area contributed by atoms with Crippen molar-refractivity contribution in [3.63, 3.8) is 0 Å². The second-order valence-electron chi connectivity index (χ2n) is 7.44. The van der Waals surface area contributed by atoms with Gasteiger partial charge in [0.05, 0.1) is 12.8 Å². The van der Waals surface area contributed by atoms with E-state index in [1.807, 2.05) is 26.0 Å². The molecule has 3 rings (SSSR count). The van der Waals surface area contributed by atoms with Crippen molar-refractivity contribution in [2.45, 2.75) is 46.1 Å². The normalized spacial score (nSPS) is 17.3. The van der Waals surface area contributed by atoms with Crippen molar-refractivity contribution in [2.75, 3.05) is 38.2 Å². The Morgan fingerprint density at radius 2 is 2.24 bits per heavy atom. The van der Waals surface area contributed by atoms with Crippen LogP contribution in [0.25, 0.3) is 0 Å². The average Bonchev–Trinajstić information content (AvgIpc) is 3.06. The van der Waals surface area contributed by atoms with Gasteiger partial charge in [-0.2, -0.15) is 0 Å². The summed E-state index contributed by atoms with van der Waals surface area (Å²) in [5, 5.41) is 11.0. The Labute approximate surface area is 173 Å². The van der Waals surface area contributed by atoms with Crippen LogP contribution in [0.15, 0.2) is 33.8 Å². The number of nitrogens with one attached hydrogen (secondary N) is 2. The number of rotatable bonds is 7. The van der Waals surface area contributed by atoms with Crippen LogP contribution >= 0.6 is 0 Å². The second kappa shape index (κ2) is 10.2. The number of aromatic nitrogens is 1. The standard InChI is InChI=1S/C22H33N5O2/c1-5-23-22(24-12-11-21-16(2)26-29-17(21)3)25-18-8-7-13-27(15-18)19-9-6-10-20(14-19)28-4/h6,9-10,14,18H,5,7-8,11-13,15H2,1-4H3,(H2,23,24,25). The number of anilines is 1. The molecule has 0 bridgehead atoms. The number of nitrogens with zero attached hydrogens (tertiary/aromatic N) is 3. The minimum atomic E-state index is 0.354. The van der Waals surface area contributed by atoms with Gasteiger partial charge in [-0.1, -0.05) is 11.2 Å². The second-order valence-corrected chi connectivity index (χ2v) is 7.44. The van der Waals surface area contributed by atoms with Crippen molar-refractivity contribution in [1.82, 2.24) is 15.8 Å². The van der Waals surface area contributed by atoms with E-state index in [1.54, 1.807) is 7.11 Å². The first-order valence-electron chi connectivity index (χ1n) is 10.5. The Morgan fingerprint density at radius 1 is 1.38 bits per heavy atom. The molecule has 7 nitrogen and oxygen atoms in total. The fourth-order valence-corrected chi connectivity index (χ4v) is 3.79. The minimum Gasteiger partial charge on any atom is -0.497 e. The molecular weight excluding hydrogens is 366 g/mol. The summed E-state index contributed by atoms with van der Waals surface area (Å²) in [6.07, 6.45) is 3.11. The zero-order valence-corrected chi connectivity index (χ0v) is 18.0. The van der Waals surface area contributed by atoms with Gasteiger partial charge in [0.15, 0.2) is 5.96 Å². The molecule has 0 radical (unpaired) electrons. The van der Waals surface area contributed by atoms with Crippen LogP contribution in [0.1, 0.15) is 36.8 Å². The Hall–Kier alpha value is -2.70. The molecule has 0 amide bonds. The molecule has 1 atom stereocenters. The summed E-state index contributed by atoms with van der Waals surface area (Å²) in [4.78, 5) is 7.19.